The van der Waals surface area contributed by atoms with Crippen molar-refractivity contribution in [3.63, 3.8) is 0 Å². The van der Waals surface area contributed by atoms with E-state index in [4.69, 9.17) is 13.9 Å². The predicted molar refractivity (Wildman–Crippen MR) is 95.7 cm³/mol. The van der Waals surface area contributed by atoms with Crippen molar-refractivity contribution < 1.29 is 13.9 Å². The van der Waals surface area contributed by atoms with Crippen molar-refractivity contribution in [2.75, 3.05) is 7.11 Å². The Labute approximate surface area is 139 Å². The van der Waals surface area contributed by atoms with E-state index in [2.05, 4.69) is 62.1 Å². The second kappa shape index (κ2) is 6.47. The maximum absolute atomic E-state index is 6.21. The van der Waals surface area contributed by atoms with E-state index in [1.807, 2.05) is 6.08 Å². The van der Waals surface area contributed by atoms with Crippen LogP contribution in [0.1, 0.15) is 18.1 Å². The Morgan fingerprint density at radius 2 is 1.78 bits per heavy atom. The highest BCUT2D eigenvalue weighted by molar-refractivity contribution is 6.70. The third-order valence-corrected chi connectivity index (χ3v) is 4.72. The highest BCUT2D eigenvalue weighted by Crippen LogP contribution is 2.36. The number of ether oxygens (including phenoxy) is 2. The van der Waals surface area contributed by atoms with Gasteiger partial charge in [0.1, 0.15) is 0 Å². The Bertz CT molecular complexity index is 713. The molecule has 1 unspecified atom stereocenters. The minimum Gasteiger partial charge on any atom is -0.547 e. The molecule has 2 aromatic carbocycles. The Kier molecular flexibility index (Phi) is 4.57. The van der Waals surface area contributed by atoms with Crippen molar-refractivity contribution in [3.8, 4) is 0 Å². The summed E-state index contributed by atoms with van der Waals surface area (Å²) in [5.41, 5.74) is 1.19. The largest absolute Gasteiger partial charge is 0.547 e. The summed E-state index contributed by atoms with van der Waals surface area (Å²) >= 11 is 0. The summed E-state index contributed by atoms with van der Waals surface area (Å²) in [6, 6.07) is 14.8. The van der Waals surface area contributed by atoms with Gasteiger partial charge in [0.2, 0.25) is 8.32 Å². The number of fused-ring (bicyclic) bond motifs is 1. The van der Waals surface area contributed by atoms with Crippen LogP contribution in [0.4, 0.5) is 0 Å². The van der Waals surface area contributed by atoms with Crippen LogP contribution in [0.2, 0.25) is 19.6 Å². The first-order valence-electron chi connectivity index (χ1n) is 8.02. The molecule has 0 radical (unpaired) electrons. The van der Waals surface area contributed by atoms with Crippen LogP contribution in [0.25, 0.3) is 10.8 Å². The molecule has 0 spiro atoms. The fraction of sp³-hybridized carbons (Fsp3) is 0.368. The SMILES string of the molecule is COC1C=C(O[Si](C)(C)C)C[C@@H](c2cccc3ccccc23)O1. The lowest BCUT2D eigenvalue weighted by molar-refractivity contribution is -0.139. The van der Waals surface area contributed by atoms with E-state index in [-0.39, 0.29) is 12.4 Å². The van der Waals surface area contributed by atoms with Crippen molar-refractivity contribution in [2.45, 2.75) is 38.5 Å². The van der Waals surface area contributed by atoms with Crippen LogP contribution in [0.15, 0.2) is 54.3 Å². The Morgan fingerprint density at radius 1 is 1.04 bits per heavy atom. The number of hydrogen-bond acceptors (Lipinski definition) is 3. The van der Waals surface area contributed by atoms with Crippen molar-refractivity contribution in [2.24, 2.45) is 0 Å². The van der Waals surface area contributed by atoms with Crippen LogP contribution in [0.5, 0.6) is 0 Å². The van der Waals surface area contributed by atoms with Crippen LogP contribution >= 0.6 is 0 Å². The van der Waals surface area contributed by atoms with Crippen molar-refractivity contribution >= 4 is 19.1 Å². The van der Waals surface area contributed by atoms with E-state index in [0.29, 0.717) is 0 Å². The molecule has 1 heterocycles. The molecule has 3 nitrogen and oxygen atoms in total. The zero-order valence-electron chi connectivity index (χ0n) is 14.2. The zero-order chi connectivity index (χ0) is 16.4. The number of rotatable bonds is 4. The van der Waals surface area contributed by atoms with Gasteiger partial charge in [0.05, 0.1) is 11.9 Å². The summed E-state index contributed by atoms with van der Waals surface area (Å²) in [7, 11) is 0.0149. The van der Waals surface area contributed by atoms with Gasteiger partial charge >= 0.3 is 0 Å². The maximum Gasteiger partial charge on any atom is 0.241 e. The van der Waals surface area contributed by atoms with Gasteiger partial charge in [-0.05, 0) is 36.0 Å². The van der Waals surface area contributed by atoms with Gasteiger partial charge in [-0.2, -0.15) is 0 Å². The molecule has 122 valence electrons. The highest BCUT2D eigenvalue weighted by atomic mass is 28.4. The summed E-state index contributed by atoms with van der Waals surface area (Å²) in [4.78, 5) is 0. The molecule has 0 aromatic heterocycles. The van der Waals surface area contributed by atoms with Gasteiger partial charge in [-0.3, -0.25) is 0 Å². The Balaban J connectivity index is 1.94. The molecule has 0 N–H and O–H groups in total. The second-order valence-corrected chi connectivity index (χ2v) is 11.3. The van der Waals surface area contributed by atoms with Gasteiger partial charge < -0.3 is 13.9 Å². The van der Waals surface area contributed by atoms with Crippen molar-refractivity contribution in [3.05, 3.63) is 59.9 Å². The minimum atomic E-state index is -1.65. The molecule has 0 bridgehead atoms. The van der Waals surface area contributed by atoms with Crippen LogP contribution in [-0.2, 0) is 13.9 Å². The van der Waals surface area contributed by atoms with Gasteiger partial charge in [0.15, 0.2) is 6.29 Å². The molecule has 0 fully saturated rings. The van der Waals surface area contributed by atoms with Gasteiger partial charge in [-0.25, -0.2) is 0 Å². The van der Waals surface area contributed by atoms with E-state index in [1.165, 1.54) is 16.3 Å². The number of hydrogen-bond donors (Lipinski definition) is 0. The Morgan fingerprint density at radius 3 is 2.52 bits per heavy atom. The Hall–Kier alpha value is -1.62. The molecule has 2 aromatic rings. The fourth-order valence-electron chi connectivity index (χ4n) is 2.96. The summed E-state index contributed by atoms with van der Waals surface area (Å²) in [5.74, 6) is 0.986. The van der Waals surface area contributed by atoms with Gasteiger partial charge in [-0.15, -0.1) is 0 Å². The van der Waals surface area contributed by atoms with Gasteiger partial charge in [0.25, 0.3) is 0 Å². The molecular formula is C19H24O3Si. The first kappa shape index (κ1) is 16.2. The third-order valence-electron chi connectivity index (χ3n) is 3.85. The molecular weight excluding hydrogens is 304 g/mol. The summed E-state index contributed by atoms with van der Waals surface area (Å²) in [6.45, 7) is 6.58. The van der Waals surface area contributed by atoms with Gasteiger partial charge in [0, 0.05) is 19.6 Å². The summed E-state index contributed by atoms with van der Waals surface area (Å²) in [6.07, 6.45) is 2.29. The standard InChI is InChI=1S/C19H24O3Si/c1-20-19-13-15(22-23(2,3)4)12-18(21-19)17-11-7-9-14-8-5-6-10-16(14)17/h5-11,13,18-19H,12H2,1-4H3/t18-,19?/m0/s1. The number of methoxy groups -OCH3 is 1. The molecule has 0 saturated carbocycles. The lowest BCUT2D eigenvalue weighted by Crippen LogP contribution is -2.30. The molecule has 1 aliphatic heterocycles. The summed E-state index contributed by atoms with van der Waals surface area (Å²) < 4.78 is 17.8. The van der Waals surface area contributed by atoms with E-state index >= 15 is 0 Å². The van der Waals surface area contributed by atoms with Crippen molar-refractivity contribution in [1.29, 1.82) is 0 Å². The minimum absolute atomic E-state index is 0.0533. The lowest BCUT2D eigenvalue weighted by Gasteiger charge is -2.32. The zero-order valence-corrected chi connectivity index (χ0v) is 15.2. The smallest absolute Gasteiger partial charge is 0.241 e. The van der Waals surface area contributed by atoms with Crippen LogP contribution in [0.3, 0.4) is 0 Å². The van der Waals surface area contributed by atoms with E-state index in [9.17, 15) is 0 Å². The van der Waals surface area contributed by atoms with Gasteiger partial charge in [-0.1, -0.05) is 42.5 Å². The predicted octanol–water partition coefficient (Wildman–Crippen LogP) is 5.01. The maximum atomic E-state index is 6.21. The average molecular weight is 328 g/mol. The monoisotopic (exact) mass is 328 g/mol. The van der Waals surface area contributed by atoms with Crippen molar-refractivity contribution in [1.82, 2.24) is 0 Å². The first-order valence-corrected chi connectivity index (χ1v) is 11.4. The van der Waals surface area contributed by atoms with E-state index in [1.54, 1.807) is 7.11 Å². The second-order valence-electron chi connectivity index (χ2n) is 6.85. The topological polar surface area (TPSA) is 27.7 Å². The lowest BCUT2D eigenvalue weighted by atomic mass is 9.97. The van der Waals surface area contributed by atoms with Crippen LogP contribution in [0, 0.1) is 0 Å². The van der Waals surface area contributed by atoms with Crippen LogP contribution < -0.4 is 0 Å². The fourth-order valence-corrected chi connectivity index (χ4v) is 3.90. The van der Waals surface area contributed by atoms with E-state index in [0.717, 1.165) is 12.2 Å². The first-order chi connectivity index (χ1) is 11.0. The molecule has 0 aliphatic carbocycles. The molecule has 0 amide bonds. The number of benzene rings is 2. The molecule has 3 rings (SSSR count). The molecule has 0 saturated heterocycles. The van der Waals surface area contributed by atoms with E-state index < -0.39 is 8.32 Å². The van der Waals surface area contributed by atoms with Crippen LogP contribution in [-0.4, -0.2) is 21.7 Å². The quantitative estimate of drug-likeness (QED) is 0.738. The molecule has 23 heavy (non-hydrogen) atoms. The third kappa shape index (κ3) is 3.83. The highest BCUT2D eigenvalue weighted by Gasteiger charge is 2.29. The average Bonchev–Trinajstić information content (AvgIpc) is 2.52. The molecule has 4 heteroatoms. The summed E-state index contributed by atoms with van der Waals surface area (Å²) in [5, 5.41) is 2.45. The molecule has 2 atom stereocenters. The normalized spacial score (nSPS) is 22.0. The molecule has 1 aliphatic rings.